The maximum atomic E-state index is 13.9. The normalized spacial score (nSPS) is 20.6. The first-order valence-electron chi connectivity index (χ1n) is 18.5. The Morgan fingerprint density at radius 3 is 1.80 bits per heavy atom. The van der Waals surface area contributed by atoms with Crippen LogP contribution < -0.4 is 0 Å². The zero-order valence-corrected chi connectivity index (χ0v) is 31.2. The molecule has 0 unspecified atom stereocenters. The minimum atomic E-state index is -1.06. The molecule has 5 aromatic rings. The third kappa shape index (κ3) is 6.89. The number of hydrogen-bond acceptors (Lipinski definition) is 7. The first-order chi connectivity index (χ1) is 26.3. The Balaban J connectivity index is 0.925. The highest BCUT2D eigenvalue weighted by Gasteiger charge is 2.42. The summed E-state index contributed by atoms with van der Waals surface area (Å²) in [7, 11) is 3.90. The molecular weight excluding hydrogens is 701 g/mol. The fraction of sp³-hybridized carbons (Fsp3) is 0.341. The number of nitrogens with zero attached hydrogens (tertiary/aromatic N) is 6. The Bertz CT molecular complexity index is 2120. The van der Waals surface area contributed by atoms with Crippen LogP contribution in [0.15, 0.2) is 91.3 Å². The second-order valence-corrected chi connectivity index (χ2v) is 15.4. The van der Waals surface area contributed by atoms with Crippen molar-refractivity contribution in [2.45, 2.75) is 49.9 Å². The smallest absolute Gasteiger partial charge is 0.408 e. The molecule has 0 spiro atoms. The minimum absolute atomic E-state index is 0.0940. The molecule has 0 saturated carbocycles. The van der Waals surface area contributed by atoms with Crippen LogP contribution in [-0.2, 0) is 9.59 Å². The molecule has 3 saturated heterocycles. The lowest BCUT2D eigenvalue weighted by Crippen LogP contribution is -2.48. The topological polar surface area (TPSA) is 142 Å². The molecule has 2 aromatic heterocycles. The van der Waals surface area contributed by atoms with Gasteiger partial charge in [-0.3, -0.25) is 19.4 Å². The van der Waals surface area contributed by atoms with Gasteiger partial charge < -0.3 is 24.9 Å². The summed E-state index contributed by atoms with van der Waals surface area (Å²) in [6.07, 6.45) is 6.04. The van der Waals surface area contributed by atoms with Gasteiger partial charge in [-0.1, -0.05) is 78.9 Å². The first-order valence-corrected chi connectivity index (χ1v) is 19.6. The molecule has 0 radical (unpaired) electrons. The molecule has 278 valence electrons. The van der Waals surface area contributed by atoms with Crippen LogP contribution in [0.3, 0.4) is 0 Å². The number of rotatable bonds is 9. The molecular formula is C41H44N8O4S. The number of carbonyl (C=O) groups is 3. The van der Waals surface area contributed by atoms with Crippen molar-refractivity contribution in [1.82, 2.24) is 39.5 Å². The molecule has 12 nitrogen and oxygen atoms in total. The van der Waals surface area contributed by atoms with E-state index in [1.165, 1.54) is 16.7 Å². The molecule has 3 aliphatic heterocycles. The molecule has 13 heteroatoms. The molecule has 0 aliphatic carbocycles. The Kier molecular flexibility index (Phi) is 9.99. The molecule has 54 heavy (non-hydrogen) atoms. The van der Waals surface area contributed by atoms with Crippen LogP contribution in [-0.4, -0.2) is 107 Å². The van der Waals surface area contributed by atoms with E-state index in [4.69, 9.17) is 4.98 Å². The largest absolute Gasteiger partial charge is 0.465 e. The van der Waals surface area contributed by atoms with Gasteiger partial charge in [0.05, 0.1) is 41.7 Å². The zero-order valence-electron chi connectivity index (χ0n) is 30.4. The van der Waals surface area contributed by atoms with E-state index in [1.54, 1.807) is 11.1 Å². The van der Waals surface area contributed by atoms with Gasteiger partial charge in [0.2, 0.25) is 11.8 Å². The van der Waals surface area contributed by atoms with Crippen LogP contribution in [0.2, 0.25) is 0 Å². The van der Waals surface area contributed by atoms with E-state index >= 15 is 0 Å². The SMILES string of the molecule is CN(C)[C@@H](C(=O)N1CCC[C@H]1c1ncc(-c2ccc(-c3ccc(-c4cnc([C@@H]5CCCN5C(=O)[C@@H]5CSCN5C(=O)O)[nH]4)cc3)cc2)[nH]1)c1ccccc1. The lowest BCUT2D eigenvalue weighted by molar-refractivity contribution is -0.137. The van der Waals surface area contributed by atoms with Crippen molar-refractivity contribution in [2.75, 3.05) is 38.8 Å². The number of carboxylic acid groups (broad SMARTS) is 1. The summed E-state index contributed by atoms with van der Waals surface area (Å²) in [5, 5.41) is 9.56. The van der Waals surface area contributed by atoms with Crippen LogP contribution in [0.5, 0.6) is 0 Å². The molecule has 3 fully saturated rings. The second-order valence-electron chi connectivity index (χ2n) is 14.4. The van der Waals surface area contributed by atoms with Gasteiger partial charge in [0, 0.05) is 18.8 Å². The molecule has 4 atom stereocenters. The fourth-order valence-electron chi connectivity index (χ4n) is 8.10. The summed E-state index contributed by atoms with van der Waals surface area (Å²) in [5.74, 6) is 2.29. The first kappa shape index (κ1) is 35.6. The number of carbonyl (C=O) groups excluding carboxylic acids is 2. The van der Waals surface area contributed by atoms with Crippen molar-refractivity contribution in [3.63, 3.8) is 0 Å². The van der Waals surface area contributed by atoms with Crippen LogP contribution in [0, 0.1) is 0 Å². The standard InChI is InChI=1S/C41H44N8O4S/c1-46(2)36(30-8-4-3-5-9-30)40(51)48-21-7-11-34(48)38-43-23-32(45-38)29-18-14-27(15-19-29)26-12-16-28(17-13-26)31-22-42-37(44-31)33-10-6-20-47(33)39(50)35-24-54-25-49(35)41(52)53/h3-5,8-9,12-19,22-23,33-36H,6-7,10-11,20-21,24-25H2,1-2H3,(H,42,44)(H,43,45)(H,52,53)/t33-,34-,35-,36+/m0/s1. The fourth-order valence-corrected chi connectivity index (χ4v) is 9.24. The van der Waals surface area contributed by atoms with Gasteiger partial charge in [-0.2, -0.15) is 0 Å². The predicted octanol–water partition coefficient (Wildman–Crippen LogP) is 6.82. The maximum absolute atomic E-state index is 13.9. The summed E-state index contributed by atoms with van der Waals surface area (Å²) >= 11 is 1.47. The van der Waals surface area contributed by atoms with Gasteiger partial charge in [-0.15, -0.1) is 11.8 Å². The number of likely N-dealkylation sites (N-methyl/N-ethyl adjacent to an activating group) is 1. The summed E-state index contributed by atoms with van der Waals surface area (Å²) in [6, 6.07) is 25.3. The van der Waals surface area contributed by atoms with Gasteiger partial charge in [0.15, 0.2) is 0 Å². The average Bonchev–Trinajstić information content (AvgIpc) is 4.04. The molecule has 3 N–H and O–H groups in total. The van der Waals surface area contributed by atoms with Crippen molar-refractivity contribution < 1.29 is 19.5 Å². The van der Waals surface area contributed by atoms with E-state index in [0.29, 0.717) is 24.7 Å². The average molecular weight is 745 g/mol. The molecule has 3 aliphatic rings. The highest BCUT2D eigenvalue weighted by Crippen LogP contribution is 2.37. The number of hydrogen-bond donors (Lipinski definition) is 3. The Labute approximate surface area is 318 Å². The Morgan fingerprint density at radius 2 is 1.26 bits per heavy atom. The number of imidazole rings is 2. The summed E-state index contributed by atoms with van der Waals surface area (Å²) in [6.45, 7) is 1.30. The zero-order chi connectivity index (χ0) is 37.3. The van der Waals surface area contributed by atoms with Gasteiger partial charge in [-0.25, -0.2) is 14.8 Å². The van der Waals surface area contributed by atoms with Gasteiger partial charge in [0.1, 0.15) is 23.7 Å². The number of aromatic nitrogens is 4. The Morgan fingerprint density at radius 1 is 0.741 bits per heavy atom. The molecule has 0 bridgehead atoms. The maximum Gasteiger partial charge on any atom is 0.408 e. The van der Waals surface area contributed by atoms with E-state index in [2.05, 4.69) is 63.5 Å². The number of thioether (sulfide) groups is 1. The summed E-state index contributed by atoms with van der Waals surface area (Å²) < 4.78 is 0. The van der Waals surface area contributed by atoms with Gasteiger partial charge >= 0.3 is 6.09 Å². The Hall–Kier alpha value is -5.40. The van der Waals surface area contributed by atoms with Crippen LogP contribution in [0.4, 0.5) is 4.79 Å². The quantitative estimate of drug-likeness (QED) is 0.149. The summed E-state index contributed by atoms with van der Waals surface area (Å²) in [4.78, 5) is 62.3. The van der Waals surface area contributed by atoms with E-state index in [9.17, 15) is 19.5 Å². The molecule has 5 heterocycles. The third-order valence-electron chi connectivity index (χ3n) is 10.9. The monoisotopic (exact) mass is 744 g/mol. The number of amides is 3. The van der Waals surface area contributed by atoms with Crippen molar-refractivity contribution in [2.24, 2.45) is 0 Å². The van der Waals surface area contributed by atoms with E-state index in [-0.39, 0.29) is 29.9 Å². The lowest BCUT2D eigenvalue weighted by Gasteiger charge is -2.31. The van der Waals surface area contributed by atoms with Crippen molar-refractivity contribution >= 4 is 29.7 Å². The van der Waals surface area contributed by atoms with Crippen molar-refractivity contribution in [3.05, 3.63) is 108 Å². The number of benzene rings is 3. The predicted molar refractivity (Wildman–Crippen MR) is 208 cm³/mol. The van der Waals surface area contributed by atoms with E-state index in [1.807, 2.05) is 60.4 Å². The third-order valence-corrected chi connectivity index (χ3v) is 11.9. The van der Waals surface area contributed by atoms with Crippen LogP contribution >= 0.6 is 11.8 Å². The van der Waals surface area contributed by atoms with E-state index < -0.39 is 12.1 Å². The summed E-state index contributed by atoms with van der Waals surface area (Å²) in [5.41, 5.74) is 6.93. The highest BCUT2D eigenvalue weighted by atomic mass is 32.2. The number of likely N-dealkylation sites (tertiary alicyclic amines) is 2. The number of aromatic amines is 2. The van der Waals surface area contributed by atoms with E-state index in [0.717, 1.165) is 76.5 Å². The van der Waals surface area contributed by atoms with Gasteiger partial charge in [-0.05, 0) is 67.6 Å². The van der Waals surface area contributed by atoms with Crippen LogP contribution in [0.25, 0.3) is 33.6 Å². The second kappa shape index (κ2) is 15.2. The van der Waals surface area contributed by atoms with Crippen LogP contribution in [0.1, 0.15) is 61.0 Å². The lowest BCUT2D eigenvalue weighted by atomic mass is 10.0. The molecule has 3 aromatic carbocycles. The molecule has 3 amide bonds. The number of H-pyrrole nitrogens is 2. The van der Waals surface area contributed by atoms with Gasteiger partial charge in [0.25, 0.3) is 0 Å². The minimum Gasteiger partial charge on any atom is -0.465 e. The van der Waals surface area contributed by atoms with Crippen molar-refractivity contribution in [1.29, 1.82) is 0 Å². The van der Waals surface area contributed by atoms with Crippen molar-refractivity contribution in [3.8, 4) is 33.6 Å². The highest BCUT2D eigenvalue weighted by molar-refractivity contribution is 7.99. The molecule has 8 rings (SSSR count). The number of nitrogens with one attached hydrogen (secondary N) is 2.